The van der Waals surface area contributed by atoms with Crippen molar-refractivity contribution in [2.45, 2.75) is 33.6 Å². The van der Waals surface area contributed by atoms with E-state index in [-0.39, 0.29) is 0 Å². The molecule has 0 aromatic carbocycles. The predicted molar refractivity (Wildman–Crippen MR) is 43.7 cm³/mol. The molecule has 0 bridgehead atoms. The highest BCUT2D eigenvalue weighted by molar-refractivity contribution is 5.12. The molecule has 4 atom stereocenters. The van der Waals surface area contributed by atoms with Crippen LogP contribution in [-0.2, 0) is 0 Å². The molecule has 2 aliphatic rings. The molecule has 0 radical (unpaired) electrons. The Labute approximate surface area is 64.0 Å². The Morgan fingerprint density at radius 1 is 0.900 bits per heavy atom. The zero-order chi connectivity index (χ0) is 7.30. The van der Waals surface area contributed by atoms with E-state index in [4.69, 9.17) is 0 Å². The Kier molecular flexibility index (Phi) is 1.33. The molecule has 0 amide bonds. The molecule has 0 spiro atoms. The van der Waals surface area contributed by atoms with Crippen LogP contribution in [0.5, 0.6) is 0 Å². The highest BCUT2D eigenvalue weighted by Gasteiger charge is 2.64. The van der Waals surface area contributed by atoms with Crippen LogP contribution in [0.25, 0.3) is 0 Å². The molecular weight excluding hydrogens is 120 g/mol. The van der Waals surface area contributed by atoms with E-state index >= 15 is 0 Å². The van der Waals surface area contributed by atoms with Gasteiger partial charge in [-0.2, -0.15) is 0 Å². The fourth-order valence-electron chi connectivity index (χ4n) is 3.45. The van der Waals surface area contributed by atoms with Gasteiger partial charge in [-0.1, -0.05) is 33.6 Å². The van der Waals surface area contributed by atoms with Crippen LogP contribution in [0.1, 0.15) is 33.6 Å². The van der Waals surface area contributed by atoms with E-state index < -0.39 is 0 Å². The summed E-state index contributed by atoms with van der Waals surface area (Å²) in [6.07, 6.45) is 2.87. The van der Waals surface area contributed by atoms with Gasteiger partial charge in [-0.25, -0.2) is 0 Å². The van der Waals surface area contributed by atoms with Crippen LogP contribution >= 0.6 is 0 Å². The smallest absolute Gasteiger partial charge is 0.0321 e. The fourth-order valence-corrected chi connectivity index (χ4v) is 3.45. The molecule has 58 valence electrons. The van der Waals surface area contributed by atoms with Crippen LogP contribution in [-0.4, -0.2) is 0 Å². The SMILES string of the molecule is CCC1C(CC)C2C(C)C12. The maximum absolute atomic E-state index is 2.44. The van der Waals surface area contributed by atoms with Crippen molar-refractivity contribution in [3.05, 3.63) is 0 Å². The third kappa shape index (κ3) is 0.580. The number of hydrogen-bond donors (Lipinski definition) is 0. The molecule has 2 aliphatic carbocycles. The van der Waals surface area contributed by atoms with E-state index in [2.05, 4.69) is 20.8 Å². The second kappa shape index (κ2) is 1.99. The lowest BCUT2D eigenvalue weighted by atomic mass is 9.71. The monoisotopic (exact) mass is 138 g/mol. The van der Waals surface area contributed by atoms with Gasteiger partial charge < -0.3 is 0 Å². The molecule has 2 fully saturated rings. The molecular formula is C10H18. The van der Waals surface area contributed by atoms with Gasteiger partial charge in [0.1, 0.15) is 0 Å². The molecule has 0 aliphatic heterocycles. The van der Waals surface area contributed by atoms with Crippen LogP contribution < -0.4 is 0 Å². The summed E-state index contributed by atoms with van der Waals surface area (Å²) in [4.78, 5) is 0. The van der Waals surface area contributed by atoms with Crippen molar-refractivity contribution in [2.75, 3.05) is 0 Å². The van der Waals surface area contributed by atoms with Gasteiger partial charge in [-0.05, 0) is 29.6 Å². The largest absolute Gasteiger partial charge is 0.0651 e. The van der Waals surface area contributed by atoms with Gasteiger partial charge in [0.25, 0.3) is 0 Å². The van der Waals surface area contributed by atoms with Crippen molar-refractivity contribution in [1.29, 1.82) is 0 Å². The molecule has 0 heterocycles. The number of fused-ring (bicyclic) bond motifs is 1. The Morgan fingerprint density at radius 2 is 1.30 bits per heavy atom. The normalized spacial score (nSPS) is 57.3. The number of hydrogen-bond acceptors (Lipinski definition) is 0. The van der Waals surface area contributed by atoms with E-state index in [1.54, 1.807) is 0 Å². The third-order valence-electron chi connectivity index (χ3n) is 4.00. The van der Waals surface area contributed by atoms with Gasteiger partial charge in [-0.3, -0.25) is 0 Å². The highest BCUT2D eigenvalue weighted by Crippen LogP contribution is 2.69. The van der Waals surface area contributed by atoms with E-state index in [0.29, 0.717) is 0 Å². The van der Waals surface area contributed by atoms with Crippen LogP contribution in [0, 0.1) is 29.6 Å². The standard InChI is InChI=1S/C10H18/c1-4-7-8(5-2)10-6(3)9(7)10/h6-10H,4-5H2,1-3H3. The number of rotatable bonds is 2. The van der Waals surface area contributed by atoms with Gasteiger partial charge in [0.05, 0.1) is 0 Å². The average Bonchev–Trinajstić information content (AvgIpc) is 2.39. The molecule has 0 nitrogen and oxygen atoms in total. The molecule has 0 aromatic heterocycles. The molecule has 4 unspecified atom stereocenters. The van der Waals surface area contributed by atoms with Crippen LogP contribution in [0.3, 0.4) is 0 Å². The quantitative estimate of drug-likeness (QED) is 0.550. The lowest BCUT2D eigenvalue weighted by molar-refractivity contribution is 0.143. The Hall–Kier alpha value is 0. The van der Waals surface area contributed by atoms with Crippen molar-refractivity contribution in [1.82, 2.24) is 0 Å². The summed E-state index contributed by atoms with van der Waals surface area (Å²) in [6.45, 7) is 7.15. The van der Waals surface area contributed by atoms with Crippen molar-refractivity contribution >= 4 is 0 Å². The first-order chi connectivity index (χ1) is 4.81. The minimum Gasteiger partial charge on any atom is -0.0651 e. The summed E-state index contributed by atoms with van der Waals surface area (Å²) < 4.78 is 0. The van der Waals surface area contributed by atoms with Gasteiger partial charge in [-0.15, -0.1) is 0 Å². The summed E-state index contributed by atoms with van der Waals surface area (Å²) in [5, 5.41) is 0. The summed E-state index contributed by atoms with van der Waals surface area (Å²) in [5.41, 5.74) is 0. The van der Waals surface area contributed by atoms with Gasteiger partial charge >= 0.3 is 0 Å². The Bertz CT molecular complexity index is 123. The Balaban J connectivity index is 1.98. The van der Waals surface area contributed by atoms with Crippen molar-refractivity contribution in [2.24, 2.45) is 29.6 Å². The third-order valence-corrected chi connectivity index (χ3v) is 4.00. The maximum Gasteiger partial charge on any atom is -0.0321 e. The maximum atomic E-state index is 2.44. The Morgan fingerprint density at radius 3 is 1.60 bits per heavy atom. The van der Waals surface area contributed by atoms with Crippen LogP contribution in [0.15, 0.2) is 0 Å². The zero-order valence-corrected chi connectivity index (χ0v) is 7.30. The van der Waals surface area contributed by atoms with Crippen molar-refractivity contribution < 1.29 is 0 Å². The predicted octanol–water partition coefficient (Wildman–Crippen LogP) is 2.93. The first kappa shape index (κ1) is 6.69. The minimum atomic E-state index is 1.09. The summed E-state index contributed by atoms with van der Waals surface area (Å²) >= 11 is 0. The fraction of sp³-hybridized carbons (Fsp3) is 1.00. The molecule has 2 rings (SSSR count). The molecule has 0 aromatic rings. The van der Waals surface area contributed by atoms with Crippen molar-refractivity contribution in [3.63, 3.8) is 0 Å². The topological polar surface area (TPSA) is 0 Å². The summed E-state index contributed by atoms with van der Waals surface area (Å²) in [7, 11) is 0. The molecule has 10 heavy (non-hydrogen) atoms. The van der Waals surface area contributed by atoms with Crippen LogP contribution in [0.2, 0.25) is 0 Å². The van der Waals surface area contributed by atoms with E-state index in [1.165, 1.54) is 12.8 Å². The molecule has 2 saturated carbocycles. The first-order valence-electron chi connectivity index (χ1n) is 4.81. The van der Waals surface area contributed by atoms with Gasteiger partial charge in [0, 0.05) is 0 Å². The van der Waals surface area contributed by atoms with E-state index in [9.17, 15) is 0 Å². The van der Waals surface area contributed by atoms with E-state index in [0.717, 1.165) is 29.6 Å². The van der Waals surface area contributed by atoms with Crippen molar-refractivity contribution in [3.8, 4) is 0 Å². The first-order valence-corrected chi connectivity index (χ1v) is 4.81. The van der Waals surface area contributed by atoms with Gasteiger partial charge in [0.15, 0.2) is 0 Å². The molecule has 0 saturated heterocycles. The molecule has 0 heteroatoms. The lowest BCUT2D eigenvalue weighted by Crippen LogP contribution is -2.28. The van der Waals surface area contributed by atoms with Crippen LogP contribution in [0.4, 0.5) is 0 Å². The average molecular weight is 138 g/mol. The highest BCUT2D eigenvalue weighted by atomic mass is 14.7. The second-order valence-corrected chi connectivity index (χ2v) is 4.16. The zero-order valence-electron chi connectivity index (χ0n) is 7.30. The minimum absolute atomic E-state index is 1.09. The summed E-state index contributed by atoms with van der Waals surface area (Å²) in [5.74, 6) is 5.65. The second-order valence-electron chi connectivity index (χ2n) is 4.16. The lowest BCUT2D eigenvalue weighted by Gasteiger charge is -2.34. The van der Waals surface area contributed by atoms with Gasteiger partial charge in [0.2, 0.25) is 0 Å². The van der Waals surface area contributed by atoms with E-state index in [1.807, 2.05) is 0 Å². The molecule has 0 N–H and O–H groups in total. The summed E-state index contributed by atoms with van der Waals surface area (Å²) in [6, 6.07) is 0.